The van der Waals surface area contributed by atoms with Gasteiger partial charge in [0, 0.05) is 11.7 Å². The summed E-state index contributed by atoms with van der Waals surface area (Å²) >= 11 is 1.36. The molecule has 4 rings (SSSR count). The molecule has 0 aliphatic carbocycles. The Balaban J connectivity index is 1.55. The van der Waals surface area contributed by atoms with Gasteiger partial charge in [-0.1, -0.05) is 18.2 Å². The van der Waals surface area contributed by atoms with Crippen molar-refractivity contribution in [1.82, 2.24) is 4.98 Å². The summed E-state index contributed by atoms with van der Waals surface area (Å²) in [6.07, 6.45) is 1.93. The lowest BCUT2D eigenvalue weighted by Crippen LogP contribution is -2.42. The average Bonchev–Trinajstić information content (AvgIpc) is 3.07. The minimum atomic E-state index is -0.304. The molecule has 144 valence electrons. The maximum atomic E-state index is 13.3. The molecule has 0 saturated carbocycles. The fraction of sp³-hybridized carbons (Fsp3) is 0.273. The van der Waals surface area contributed by atoms with Crippen LogP contribution in [0.5, 0.6) is 5.75 Å². The first-order chi connectivity index (χ1) is 13.5. The summed E-state index contributed by atoms with van der Waals surface area (Å²) in [5.74, 6) is 0.254. The van der Waals surface area contributed by atoms with Crippen molar-refractivity contribution in [1.29, 1.82) is 0 Å². The van der Waals surface area contributed by atoms with Gasteiger partial charge in [0.25, 0.3) is 5.91 Å². The van der Waals surface area contributed by atoms with Crippen LogP contribution in [0.4, 0.5) is 10.1 Å². The second-order valence-electron chi connectivity index (χ2n) is 6.96. The molecule has 3 aromatic rings. The van der Waals surface area contributed by atoms with Crippen LogP contribution in [0.1, 0.15) is 39.3 Å². The van der Waals surface area contributed by atoms with Gasteiger partial charge in [-0.15, -0.1) is 11.3 Å². The number of hydrogen-bond donors (Lipinski definition) is 0. The van der Waals surface area contributed by atoms with E-state index in [4.69, 9.17) is 4.74 Å². The third-order valence-electron chi connectivity index (χ3n) is 4.95. The monoisotopic (exact) mass is 396 g/mol. The van der Waals surface area contributed by atoms with Gasteiger partial charge < -0.3 is 9.64 Å². The summed E-state index contributed by atoms with van der Waals surface area (Å²) in [5.41, 5.74) is 2.90. The average molecular weight is 396 g/mol. The smallest absolute Gasteiger partial charge is 0.270 e. The number of thiazole rings is 1. The Bertz CT molecular complexity index is 1000. The van der Waals surface area contributed by atoms with E-state index in [1.807, 2.05) is 30.0 Å². The molecular formula is C22H21FN2O2S. The van der Waals surface area contributed by atoms with Crippen LogP contribution < -0.4 is 9.64 Å². The molecule has 0 bridgehead atoms. The van der Waals surface area contributed by atoms with E-state index in [1.165, 1.54) is 29.0 Å². The van der Waals surface area contributed by atoms with Gasteiger partial charge in [0.2, 0.25) is 0 Å². The SMILES string of the molecule is Cc1nc(COc2ccc(F)cc2)sc1C(=O)N1c2ccccc2CCC1C. The minimum absolute atomic E-state index is 0.0114. The third kappa shape index (κ3) is 3.64. The minimum Gasteiger partial charge on any atom is -0.486 e. The number of fused-ring (bicyclic) bond motifs is 1. The van der Waals surface area contributed by atoms with Gasteiger partial charge in [0.1, 0.15) is 28.1 Å². The number of anilines is 1. The summed E-state index contributed by atoms with van der Waals surface area (Å²) in [6.45, 7) is 4.19. The zero-order valence-corrected chi connectivity index (χ0v) is 16.6. The van der Waals surface area contributed by atoms with Crippen molar-refractivity contribution in [2.45, 2.75) is 39.3 Å². The number of nitrogens with zero attached hydrogens (tertiary/aromatic N) is 2. The molecule has 28 heavy (non-hydrogen) atoms. The molecule has 2 heterocycles. The van der Waals surface area contributed by atoms with Gasteiger partial charge in [0.15, 0.2) is 0 Å². The summed E-state index contributed by atoms with van der Waals surface area (Å²) in [7, 11) is 0. The van der Waals surface area contributed by atoms with E-state index in [0.717, 1.165) is 23.5 Å². The standard InChI is InChI=1S/C22H21FN2O2S/c1-14-7-8-16-5-3-4-6-19(16)25(14)22(26)21-15(2)24-20(28-21)13-27-18-11-9-17(23)10-12-18/h3-6,9-12,14H,7-8,13H2,1-2H3. The van der Waals surface area contributed by atoms with Crippen LogP contribution in [-0.4, -0.2) is 16.9 Å². The lowest BCUT2D eigenvalue weighted by molar-refractivity contribution is 0.0978. The molecular weight excluding hydrogens is 375 g/mol. The number of carbonyl (C=O) groups is 1. The van der Waals surface area contributed by atoms with E-state index in [-0.39, 0.29) is 24.4 Å². The zero-order chi connectivity index (χ0) is 19.7. The first-order valence-corrected chi connectivity index (χ1v) is 10.1. The predicted octanol–water partition coefficient (Wildman–Crippen LogP) is 5.15. The topological polar surface area (TPSA) is 42.4 Å². The second kappa shape index (κ2) is 7.72. The Morgan fingerprint density at radius 2 is 2.00 bits per heavy atom. The molecule has 0 radical (unpaired) electrons. The first-order valence-electron chi connectivity index (χ1n) is 9.29. The summed E-state index contributed by atoms with van der Waals surface area (Å²) < 4.78 is 18.7. The Morgan fingerprint density at radius 1 is 1.25 bits per heavy atom. The molecule has 0 spiro atoms. The van der Waals surface area contributed by atoms with Crippen LogP contribution in [0.25, 0.3) is 0 Å². The van der Waals surface area contributed by atoms with Crippen molar-refractivity contribution < 1.29 is 13.9 Å². The Kier molecular flexibility index (Phi) is 5.13. The molecule has 4 nitrogen and oxygen atoms in total. The first kappa shape index (κ1) is 18.6. The number of hydrogen-bond acceptors (Lipinski definition) is 4. The highest BCUT2D eigenvalue weighted by Crippen LogP contribution is 2.33. The number of benzene rings is 2. The molecule has 6 heteroatoms. The third-order valence-corrected chi connectivity index (χ3v) is 6.07. The summed E-state index contributed by atoms with van der Waals surface area (Å²) in [4.78, 5) is 20.4. The Hall–Kier alpha value is -2.73. The second-order valence-corrected chi connectivity index (χ2v) is 8.04. The maximum absolute atomic E-state index is 13.3. The number of halogens is 1. The normalized spacial score (nSPS) is 16.0. The number of rotatable bonds is 4. The van der Waals surface area contributed by atoms with Gasteiger partial charge in [-0.25, -0.2) is 9.37 Å². The highest BCUT2D eigenvalue weighted by molar-refractivity contribution is 7.13. The van der Waals surface area contributed by atoms with Gasteiger partial charge in [0.05, 0.1) is 5.69 Å². The number of para-hydroxylation sites is 1. The van der Waals surface area contributed by atoms with Crippen LogP contribution >= 0.6 is 11.3 Å². The number of carbonyl (C=O) groups excluding carboxylic acids is 1. The number of aromatic nitrogens is 1. The molecule has 1 atom stereocenters. The van der Waals surface area contributed by atoms with Crippen LogP contribution in [0.3, 0.4) is 0 Å². The van der Waals surface area contributed by atoms with Gasteiger partial charge in [-0.3, -0.25) is 4.79 Å². The molecule has 2 aromatic carbocycles. The molecule has 1 aliphatic rings. The van der Waals surface area contributed by atoms with Crippen molar-refractivity contribution in [3.8, 4) is 5.75 Å². The van der Waals surface area contributed by atoms with E-state index in [0.29, 0.717) is 16.3 Å². The number of ether oxygens (including phenoxy) is 1. The molecule has 0 fully saturated rings. The summed E-state index contributed by atoms with van der Waals surface area (Å²) in [5, 5.41) is 0.725. The van der Waals surface area contributed by atoms with Crippen LogP contribution in [0.15, 0.2) is 48.5 Å². The molecule has 1 unspecified atom stereocenters. The van der Waals surface area contributed by atoms with Gasteiger partial charge in [-0.2, -0.15) is 0 Å². The van der Waals surface area contributed by atoms with Crippen molar-refractivity contribution in [3.05, 3.63) is 75.5 Å². The predicted molar refractivity (Wildman–Crippen MR) is 109 cm³/mol. The van der Waals surface area contributed by atoms with Crippen molar-refractivity contribution in [3.63, 3.8) is 0 Å². The quantitative estimate of drug-likeness (QED) is 0.612. The molecule has 1 aromatic heterocycles. The van der Waals surface area contributed by atoms with Gasteiger partial charge in [-0.05, 0) is 62.6 Å². The lowest BCUT2D eigenvalue weighted by Gasteiger charge is -2.35. The van der Waals surface area contributed by atoms with E-state index in [1.54, 1.807) is 12.1 Å². The van der Waals surface area contributed by atoms with E-state index < -0.39 is 0 Å². The van der Waals surface area contributed by atoms with Crippen molar-refractivity contribution >= 4 is 22.9 Å². The Labute approximate surface area is 167 Å². The van der Waals surface area contributed by atoms with E-state index >= 15 is 0 Å². The highest BCUT2D eigenvalue weighted by atomic mass is 32.1. The Morgan fingerprint density at radius 3 is 2.79 bits per heavy atom. The number of aryl methyl sites for hydroxylation is 2. The summed E-state index contributed by atoms with van der Waals surface area (Å²) in [6, 6.07) is 14.1. The molecule has 1 aliphatic heterocycles. The largest absolute Gasteiger partial charge is 0.486 e. The van der Waals surface area contributed by atoms with Crippen molar-refractivity contribution in [2.24, 2.45) is 0 Å². The molecule has 1 amide bonds. The highest BCUT2D eigenvalue weighted by Gasteiger charge is 2.31. The zero-order valence-electron chi connectivity index (χ0n) is 15.8. The van der Waals surface area contributed by atoms with E-state index in [9.17, 15) is 9.18 Å². The maximum Gasteiger partial charge on any atom is 0.270 e. The number of amides is 1. The molecule has 0 N–H and O–H groups in total. The van der Waals surface area contributed by atoms with Crippen molar-refractivity contribution in [2.75, 3.05) is 4.90 Å². The van der Waals surface area contributed by atoms with E-state index in [2.05, 4.69) is 18.0 Å². The fourth-order valence-corrected chi connectivity index (χ4v) is 4.41. The van der Waals surface area contributed by atoms with Crippen LogP contribution in [-0.2, 0) is 13.0 Å². The molecule has 0 saturated heterocycles. The van der Waals surface area contributed by atoms with Crippen LogP contribution in [0, 0.1) is 12.7 Å². The fourth-order valence-electron chi connectivity index (χ4n) is 3.50. The van der Waals surface area contributed by atoms with Crippen LogP contribution in [0.2, 0.25) is 0 Å². The lowest BCUT2D eigenvalue weighted by atomic mass is 9.96. The van der Waals surface area contributed by atoms with Gasteiger partial charge >= 0.3 is 0 Å².